The van der Waals surface area contributed by atoms with Crippen molar-refractivity contribution < 1.29 is 19.0 Å². The molecule has 1 aliphatic heterocycles. The van der Waals surface area contributed by atoms with E-state index in [4.69, 9.17) is 11.6 Å². The fourth-order valence-corrected chi connectivity index (χ4v) is 3.70. The van der Waals surface area contributed by atoms with E-state index in [9.17, 15) is 14.4 Å². The van der Waals surface area contributed by atoms with Crippen molar-refractivity contribution in [3.8, 4) is 0 Å². The van der Waals surface area contributed by atoms with Gasteiger partial charge in [0.2, 0.25) is 24.2 Å². The van der Waals surface area contributed by atoms with Crippen LogP contribution in [0.5, 0.6) is 0 Å². The molecular weight excluding hydrogens is 416 g/mol. The van der Waals surface area contributed by atoms with Crippen molar-refractivity contribution in [2.45, 2.75) is 19.5 Å². The average Bonchev–Trinajstić information content (AvgIpc) is 2.74. The minimum Gasteiger partial charge on any atom is -0.326 e. The number of pyridine rings is 1. The Morgan fingerprint density at radius 1 is 0.968 bits per heavy atom. The molecule has 0 spiro atoms. The number of amides is 3. The Morgan fingerprint density at radius 3 is 2.29 bits per heavy atom. The summed E-state index contributed by atoms with van der Waals surface area (Å²) in [5.41, 5.74) is 2.44. The van der Waals surface area contributed by atoms with Crippen molar-refractivity contribution >= 4 is 46.4 Å². The first-order valence-electron chi connectivity index (χ1n) is 9.67. The Morgan fingerprint density at radius 2 is 1.61 bits per heavy atom. The summed E-state index contributed by atoms with van der Waals surface area (Å²) in [5.74, 6) is -0.749. The van der Waals surface area contributed by atoms with Crippen LogP contribution in [0, 0.1) is 0 Å². The first-order chi connectivity index (χ1) is 14.9. The zero-order chi connectivity index (χ0) is 22.0. The van der Waals surface area contributed by atoms with Crippen LogP contribution in [0.25, 0.3) is 0 Å². The summed E-state index contributed by atoms with van der Waals surface area (Å²) in [4.78, 5) is 39.2. The first kappa shape index (κ1) is 20.6. The number of carbonyl (C=O) groups is 3. The van der Waals surface area contributed by atoms with Crippen molar-refractivity contribution in [2.75, 3.05) is 15.5 Å². The lowest BCUT2D eigenvalue weighted by Crippen LogP contribution is -2.58. The monoisotopic (exact) mass is 435 g/mol. The van der Waals surface area contributed by atoms with Crippen molar-refractivity contribution in [2.24, 2.45) is 0 Å². The van der Waals surface area contributed by atoms with Gasteiger partial charge < -0.3 is 10.6 Å². The standard InChI is InChI=1S/C23H19ClN4O3/c1-15(29)25-17-9-11-19(12-10-17)28-21(30)14-27-13-3-2-4-20(27)22(28)23(31)26-18-7-5-16(24)6-8-18/h2-13,22H,14H2,1H3,(H-,25,26,29,31)/p+1/t22-/m1/s1. The molecule has 1 aliphatic rings. The maximum atomic E-state index is 13.3. The molecule has 1 aromatic heterocycles. The third-order valence-corrected chi connectivity index (χ3v) is 5.17. The quantitative estimate of drug-likeness (QED) is 0.617. The van der Waals surface area contributed by atoms with Crippen LogP contribution in [-0.2, 0) is 20.9 Å². The molecule has 3 aromatic rings. The fourth-order valence-electron chi connectivity index (χ4n) is 3.58. The Kier molecular flexibility index (Phi) is 5.68. The van der Waals surface area contributed by atoms with Crippen molar-refractivity contribution in [3.63, 3.8) is 0 Å². The predicted molar refractivity (Wildman–Crippen MR) is 118 cm³/mol. The topological polar surface area (TPSA) is 82.4 Å². The average molecular weight is 436 g/mol. The lowest BCUT2D eigenvalue weighted by molar-refractivity contribution is -0.695. The van der Waals surface area contributed by atoms with Crippen molar-refractivity contribution in [3.05, 3.63) is 83.6 Å². The summed E-state index contributed by atoms with van der Waals surface area (Å²) in [7, 11) is 0. The molecule has 2 N–H and O–H groups in total. The Labute approximate surface area is 184 Å². The minimum atomic E-state index is -0.871. The zero-order valence-electron chi connectivity index (χ0n) is 16.7. The van der Waals surface area contributed by atoms with Crippen molar-refractivity contribution in [1.82, 2.24) is 0 Å². The molecule has 0 unspecified atom stereocenters. The smallest absolute Gasteiger partial charge is 0.294 e. The molecule has 156 valence electrons. The van der Waals surface area contributed by atoms with Gasteiger partial charge in [-0.25, -0.2) is 0 Å². The summed E-state index contributed by atoms with van der Waals surface area (Å²) in [6, 6.07) is 18.2. The van der Waals surface area contributed by atoms with E-state index in [1.807, 2.05) is 18.2 Å². The van der Waals surface area contributed by atoms with Crippen LogP contribution in [0.3, 0.4) is 0 Å². The van der Waals surface area contributed by atoms with E-state index >= 15 is 0 Å². The number of rotatable bonds is 4. The van der Waals surface area contributed by atoms with E-state index in [1.54, 1.807) is 59.3 Å². The molecule has 0 saturated heterocycles. The number of aromatic nitrogens is 1. The van der Waals surface area contributed by atoms with Crippen LogP contribution in [-0.4, -0.2) is 17.7 Å². The van der Waals surface area contributed by atoms with Gasteiger partial charge >= 0.3 is 0 Å². The third-order valence-electron chi connectivity index (χ3n) is 4.91. The van der Waals surface area contributed by atoms with Gasteiger partial charge in [-0.05, 0) is 48.5 Å². The normalized spacial score (nSPS) is 15.2. The van der Waals surface area contributed by atoms with Gasteiger partial charge in [0, 0.05) is 41.1 Å². The second-order valence-electron chi connectivity index (χ2n) is 7.14. The molecule has 0 fully saturated rings. The van der Waals surface area contributed by atoms with Crippen LogP contribution in [0.15, 0.2) is 72.9 Å². The molecule has 0 radical (unpaired) electrons. The van der Waals surface area contributed by atoms with Gasteiger partial charge in [-0.1, -0.05) is 17.7 Å². The third kappa shape index (κ3) is 4.41. The summed E-state index contributed by atoms with van der Waals surface area (Å²) in [5, 5.41) is 6.13. The molecule has 2 aromatic carbocycles. The van der Waals surface area contributed by atoms with Gasteiger partial charge in [0.25, 0.3) is 11.8 Å². The number of carbonyl (C=O) groups excluding carboxylic acids is 3. The maximum Gasteiger partial charge on any atom is 0.294 e. The minimum absolute atomic E-state index is 0.119. The summed E-state index contributed by atoms with van der Waals surface area (Å²) in [6.45, 7) is 1.54. The lowest BCUT2D eigenvalue weighted by atomic mass is 10.0. The Balaban J connectivity index is 1.71. The van der Waals surface area contributed by atoms with E-state index in [0.717, 1.165) is 0 Å². The number of nitrogens with zero attached hydrogens (tertiary/aromatic N) is 2. The second-order valence-corrected chi connectivity index (χ2v) is 7.58. The van der Waals surface area contributed by atoms with Crippen LogP contribution >= 0.6 is 11.6 Å². The highest BCUT2D eigenvalue weighted by atomic mass is 35.5. The summed E-state index contributed by atoms with van der Waals surface area (Å²) in [6.07, 6.45) is 1.78. The van der Waals surface area contributed by atoms with E-state index < -0.39 is 6.04 Å². The first-order valence-corrected chi connectivity index (χ1v) is 10.0. The zero-order valence-corrected chi connectivity index (χ0v) is 17.5. The number of fused-ring (bicyclic) bond motifs is 1. The Hall–Kier alpha value is -3.71. The van der Waals surface area contributed by atoms with Crippen LogP contribution in [0.2, 0.25) is 5.02 Å². The van der Waals surface area contributed by atoms with Gasteiger partial charge in [-0.2, -0.15) is 4.57 Å². The van der Waals surface area contributed by atoms with Gasteiger partial charge in [-0.3, -0.25) is 19.3 Å². The van der Waals surface area contributed by atoms with Crippen LogP contribution < -0.4 is 20.1 Å². The number of nitrogens with one attached hydrogen (secondary N) is 2. The summed E-state index contributed by atoms with van der Waals surface area (Å²) >= 11 is 5.94. The fraction of sp³-hybridized carbons (Fsp3) is 0.130. The highest BCUT2D eigenvalue weighted by molar-refractivity contribution is 6.30. The summed E-state index contributed by atoms with van der Waals surface area (Å²) < 4.78 is 1.77. The number of hydrogen-bond acceptors (Lipinski definition) is 3. The van der Waals surface area contributed by atoms with Crippen LogP contribution in [0.1, 0.15) is 18.7 Å². The maximum absolute atomic E-state index is 13.3. The number of halogens is 1. The molecule has 31 heavy (non-hydrogen) atoms. The highest BCUT2D eigenvalue weighted by Gasteiger charge is 2.43. The van der Waals surface area contributed by atoms with Crippen molar-refractivity contribution in [1.29, 1.82) is 0 Å². The molecular formula is C23H20ClN4O3+. The molecule has 0 aliphatic carbocycles. The highest BCUT2D eigenvalue weighted by Crippen LogP contribution is 2.31. The van der Waals surface area contributed by atoms with E-state index in [2.05, 4.69) is 10.6 Å². The van der Waals surface area contributed by atoms with E-state index in [-0.39, 0.29) is 24.3 Å². The molecule has 1 atom stereocenters. The lowest BCUT2D eigenvalue weighted by Gasteiger charge is -2.32. The SMILES string of the molecule is CC(=O)Nc1ccc(N2C(=O)C[n+]3ccccc3[C@@H]2C(=O)Nc2ccc(Cl)cc2)cc1. The molecule has 3 amide bonds. The van der Waals surface area contributed by atoms with Gasteiger partial charge in [0.1, 0.15) is 0 Å². The number of benzene rings is 2. The van der Waals surface area contributed by atoms with Crippen LogP contribution in [0.4, 0.5) is 17.1 Å². The second kappa shape index (κ2) is 8.57. The molecule has 2 heterocycles. The molecule has 0 saturated carbocycles. The number of anilines is 3. The van der Waals surface area contributed by atoms with E-state index in [0.29, 0.717) is 27.8 Å². The molecule has 0 bridgehead atoms. The largest absolute Gasteiger partial charge is 0.326 e. The van der Waals surface area contributed by atoms with Gasteiger partial charge in [0.15, 0.2) is 6.20 Å². The Bertz CT molecular complexity index is 1150. The van der Waals surface area contributed by atoms with Gasteiger partial charge in [-0.15, -0.1) is 0 Å². The molecule has 7 nitrogen and oxygen atoms in total. The van der Waals surface area contributed by atoms with E-state index in [1.165, 1.54) is 11.8 Å². The molecule has 4 rings (SSSR count). The van der Waals surface area contributed by atoms with Gasteiger partial charge in [0.05, 0.1) is 0 Å². The predicted octanol–water partition coefficient (Wildman–Crippen LogP) is 3.31. The molecule has 8 heteroatoms. The number of hydrogen-bond donors (Lipinski definition) is 2.